The lowest BCUT2D eigenvalue weighted by Crippen LogP contribution is -2.25. The van der Waals surface area contributed by atoms with Gasteiger partial charge in [0.05, 0.1) is 11.1 Å². The number of benzene rings is 1. The monoisotopic (exact) mass is 447 g/mol. The molecule has 176 valence electrons. The molecule has 33 heavy (non-hydrogen) atoms. The number of amides is 1. The Morgan fingerprint density at radius 2 is 1.39 bits per heavy atom. The molecule has 0 saturated carbocycles. The van der Waals surface area contributed by atoms with Gasteiger partial charge in [0, 0.05) is 36.6 Å². The van der Waals surface area contributed by atoms with Gasteiger partial charge in [0.1, 0.15) is 5.82 Å². The van der Waals surface area contributed by atoms with E-state index in [1.54, 1.807) is 18.3 Å². The zero-order chi connectivity index (χ0) is 23.1. The largest absolute Gasteiger partial charge is 0.385 e. The Hall–Kier alpha value is -3.15. The van der Waals surface area contributed by atoms with Crippen LogP contribution >= 0.6 is 0 Å². The third-order valence-corrected chi connectivity index (χ3v) is 5.90. The standard InChI is InChI=1S/C27H37N5O/c28-26-24(14-12-20-31-26)27(33)32-18-10-8-6-4-2-1-3-5-7-9-17-29-23-15-16-25-22(21-23)13-11-19-30-25/h11-16,19-21,29H,1-10,17-18H2,(H2,28,31)(H,32,33). The molecule has 1 amide bonds. The molecule has 0 unspecified atom stereocenters. The van der Waals surface area contributed by atoms with Gasteiger partial charge in [-0.05, 0) is 49.2 Å². The number of anilines is 2. The molecule has 0 bridgehead atoms. The van der Waals surface area contributed by atoms with Crippen LogP contribution in [-0.4, -0.2) is 29.0 Å². The van der Waals surface area contributed by atoms with Gasteiger partial charge in [0.25, 0.3) is 5.91 Å². The molecule has 1 aromatic carbocycles. The summed E-state index contributed by atoms with van der Waals surface area (Å²) in [5.41, 5.74) is 8.41. The number of carbonyl (C=O) groups excluding carboxylic acids is 1. The normalized spacial score (nSPS) is 10.9. The Labute approximate surface area is 197 Å². The van der Waals surface area contributed by atoms with Crippen molar-refractivity contribution in [2.75, 3.05) is 24.1 Å². The van der Waals surface area contributed by atoms with Crippen LogP contribution in [0.5, 0.6) is 0 Å². The fraction of sp³-hybridized carbons (Fsp3) is 0.444. The Balaban J connectivity index is 1.10. The predicted molar refractivity (Wildman–Crippen MR) is 137 cm³/mol. The molecule has 0 atom stereocenters. The number of nitrogen functional groups attached to an aromatic ring is 1. The van der Waals surface area contributed by atoms with Crippen LogP contribution in [0.4, 0.5) is 11.5 Å². The molecule has 3 aromatic rings. The highest BCUT2D eigenvalue weighted by Gasteiger charge is 2.08. The Morgan fingerprint density at radius 3 is 2.12 bits per heavy atom. The van der Waals surface area contributed by atoms with Gasteiger partial charge in [-0.2, -0.15) is 0 Å². The summed E-state index contributed by atoms with van der Waals surface area (Å²) in [5, 5.41) is 7.64. The second-order valence-electron chi connectivity index (χ2n) is 8.57. The van der Waals surface area contributed by atoms with E-state index in [1.807, 2.05) is 12.3 Å². The van der Waals surface area contributed by atoms with Crippen molar-refractivity contribution >= 4 is 28.3 Å². The summed E-state index contributed by atoms with van der Waals surface area (Å²) >= 11 is 0. The van der Waals surface area contributed by atoms with Crippen LogP contribution in [0.2, 0.25) is 0 Å². The molecule has 0 aliphatic carbocycles. The van der Waals surface area contributed by atoms with Gasteiger partial charge in [-0.1, -0.05) is 57.4 Å². The number of nitrogens with zero attached hydrogens (tertiary/aromatic N) is 2. The minimum atomic E-state index is -0.134. The first-order valence-electron chi connectivity index (χ1n) is 12.3. The molecule has 4 N–H and O–H groups in total. The van der Waals surface area contributed by atoms with Crippen LogP contribution in [-0.2, 0) is 0 Å². The average molecular weight is 448 g/mol. The van der Waals surface area contributed by atoms with Gasteiger partial charge in [-0.3, -0.25) is 9.78 Å². The summed E-state index contributed by atoms with van der Waals surface area (Å²) < 4.78 is 0. The summed E-state index contributed by atoms with van der Waals surface area (Å²) in [6.07, 6.45) is 15.9. The molecule has 6 heteroatoms. The van der Waals surface area contributed by atoms with Gasteiger partial charge >= 0.3 is 0 Å². The Morgan fingerprint density at radius 1 is 0.758 bits per heavy atom. The fourth-order valence-electron chi connectivity index (χ4n) is 3.99. The number of nitrogens with two attached hydrogens (primary N) is 1. The topological polar surface area (TPSA) is 92.9 Å². The zero-order valence-corrected chi connectivity index (χ0v) is 19.6. The summed E-state index contributed by atoms with van der Waals surface area (Å²) in [6.45, 7) is 1.72. The molecule has 0 radical (unpaired) electrons. The van der Waals surface area contributed by atoms with Crippen LogP contribution in [0.3, 0.4) is 0 Å². The van der Waals surface area contributed by atoms with Crippen LogP contribution in [0.1, 0.15) is 74.6 Å². The predicted octanol–water partition coefficient (Wildman–Crippen LogP) is 5.95. The average Bonchev–Trinajstić information content (AvgIpc) is 2.84. The molecular weight excluding hydrogens is 410 g/mol. The SMILES string of the molecule is Nc1ncccc1C(=O)NCCCCCCCCCCCCNc1ccc2ncccc2c1. The molecule has 6 nitrogen and oxygen atoms in total. The number of carbonyl (C=O) groups is 1. The third kappa shape index (κ3) is 8.72. The number of rotatable bonds is 15. The molecule has 0 aliphatic heterocycles. The van der Waals surface area contributed by atoms with Gasteiger partial charge in [0.15, 0.2) is 0 Å². The lowest BCUT2D eigenvalue weighted by atomic mass is 10.1. The molecule has 3 rings (SSSR count). The van der Waals surface area contributed by atoms with Crippen LogP contribution in [0.25, 0.3) is 10.9 Å². The number of unbranched alkanes of at least 4 members (excludes halogenated alkanes) is 9. The zero-order valence-electron chi connectivity index (χ0n) is 19.6. The maximum Gasteiger partial charge on any atom is 0.255 e. The molecule has 0 fully saturated rings. The van der Waals surface area contributed by atoms with Crippen molar-refractivity contribution in [1.82, 2.24) is 15.3 Å². The molecule has 2 aromatic heterocycles. The van der Waals surface area contributed by atoms with E-state index in [1.165, 1.54) is 62.4 Å². The summed E-state index contributed by atoms with van der Waals surface area (Å²) in [6, 6.07) is 13.9. The number of pyridine rings is 2. The van der Waals surface area contributed by atoms with Gasteiger partial charge < -0.3 is 16.4 Å². The first-order chi connectivity index (χ1) is 16.2. The van der Waals surface area contributed by atoms with Crippen LogP contribution in [0, 0.1) is 0 Å². The van der Waals surface area contributed by atoms with E-state index >= 15 is 0 Å². The number of nitrogens with one attached hydrogen (secondary N) is 2. The van der Waals surface area contributed by atoms with E-state index in [0.717, 1.165) is 24.9 Å². The van der Waals surface area contributed by atoms with Crippen molar-refractivity contribution in [2.45, 2.75) is 64.2 Å². The lowest BCUT2D eigenvalue weighted by Gasteiger charge is -2.08. The van der Waals surface area contributed by atoms with Crippen LogP contribution in [0.15, 0.2) is 54.9 Å². The first-order valence-corrected chi connectivity index (χ1v) is 12.3. The minimum Gasteiger partial charge on any atom is -0.385 e. The Kier molecular flexibility index (Phi) is 10.5. The van der Waals surface area contributed by atoms with E-state index in [2.05, 4.69) is 44.9 Å². The third-order valence-electron chi connectivity index (χ3n) is 5.90. The van der Waals surface area contributed by atoms with E-state index in [4.69, 9.17) is 5.73 Å². The number of hydrogen-bond donors (Lipinski definition) is 3. The van der Waals surface area contributed by atoms with E-state index in [0.29, 0.717) is 12.1 Å². The number of fused-ring (bicyclic) bond motifs is 1. The fourth-order valence-corrected chi connectivity index (χ4v) is 3.99. The van der Waals surface area contributed by atoms with Crippen molar-refractivity contribution in [3.8, 4) is 0 Å². The second-order valence-corrected chi connectivity index (χ2v) is 8.57. The molecule has 0 spiro atoms. The maximum atomic E-state index is 12.0. The maximum absolute atomic E-state index is 12.0. The summed E-state index contributed by atoms with van der Waals surface area (Å²) in [7, 11) is 0. The quantitative estimate of drug-likeness (QED) is 0.250. The van der Waals surface area contributed by atoms with Crippen molar-refractivity contribution in [2.24, 2.45) is 0 Å². The van der Waals surface area contributed by atoms with Crippen molar-refractivity contribution in [3.05, 3.63) is 60.4 Å². The number of aromatic nitrogens is 2. The van der Waals surface area contributed by atoms with E-state index in [9.17, 15) is 4.79 Å². The van der Waals surface area contributed by atoms with Crippen molar-refractivity contribution in [1.29, 1.82) is 0 Å². The van der Waals surface area contributed by atoms with Gasteiger partial charge in [0.2, 0.25) is 0 Å². The second kappa shape index (κ2) is 14.1. The van der Waals surface area contributed by atoms with Crippen LogP contribution < -0.4 is 16.4 Å². The number of hydrogen-bond acceptors (Lipinski definition) is 5. The van der Waals surface area contributed by atoms with Gasteiger partial charge in [-0.25, -0.2) is 4.98 Å². The highest BCUT2D eigenvalue weighted by atomic mass is 16.1. The first kappa shape index (κ1) is 24.5. The lowest BCUT2D eigenvalue weighted by molar-refractivity contribution is 0.0953. The summed E-state index contributed by atoms with van der Waals surface area (Å²) in [5.74, 6) is 0.152. The van der Waals surface area contributed by atoms with Crippen molar-refractivity contribution < 1.29 is 4.79 Å². The van der Waals surface area contributed by atoms with Crippen molar-refractivity contribution in [3.63, 3.8) is 0 Å². The van der Waals surface area contributed by atoms with E-state index < -0.39 is 0 Å². The smallest absolute Gasteiger partial charge is 0.255 e. The minimum absolute atomic E-state index is 0.134. The Bertz CT molecular complexity index is 991. The molecular formula is C27H37N5O. The summed E-state index contributed by atoms with van der Waals surface area (Å²) in [4.78, 5) is 20.4. The molecule has 0 aliphatic rings. The molecule has 0 saturated heterocycles. The highest BCUT2D eigenvalue weighted by molar-refractivity contribution is 5.98. The van der Waals surface area contributed by atoms with E-state index in [-0.39, 0.29) is 11.7 Å². The van der Waals surface area contributed by atoms with Gasteiger partial charge in [-0.15, -0.1) is 0 Å². The highest BCUT2D eigenvalue weighted by Crippen LogP contribution is 2.17. The molecule has 2 heterocycles.